The molecule has 20 nitrogen and oxygen atoms in total. The fourth-order valence-electron chi connectivity index (χ4n) is 11.7. The van der Waals surface area contributed by atoms with Gasteiger partial charge < -0.3 is 45.2 Å². The number of carbonyl (C=O) groups excluding carboxylic acids is 11. The first kappa shape index (κ1) is 78.8. The van der Waals surface area contributed by atoms with Crippen LogP contribution in [-0.2, 0) is 57.5 Å². The van der Waals surface area contributed by atoms with Crippen molar-refractivity contribution in [1.82, 2.24) is 30.2 Å². The highest BCUT2D eigenvalue weighted by molar-refractivity contribution is 5.99. The van der Waals surface area contributed by atoms with Crippen molar-refractivity contribution >= 4 is 64.4 Å². The minimum atomic E-state index is -1.39. The van der Waals surface area contributed by atoms with Crippen molar-refractivity contribution in [3.63, 3.8) is 0 Å². The van der Waals surface area contributed by atoms with E-state index in [4.69, 9.17) is 4.74 Å². The molecule has 492 valence electrons. The molecule has 13 atom stereocenters. The van der Waals surface area contributed by atoms with Gasteiger partial charge in [0.25, 0.3) is 0 Å². The zero-order chi connectivity index (χ0) is 66.2. The van der Waals surface area contributed by atoms with Gasteiger partial charge in [0.2, 0.25) is 35.4 Å². The lowest BCUT2D eigenvalue weighted by atomic mass is 9.82. The predicted octanol–water partition coefficient (Wildman–Crippen LogP) is 6.97. The van der Waals surface area contributed by atoms with Crippen molar-refractivity contribution in [2.24, 2.45) is 59.2 Å². The molecule has 0 saturated carbocycles. The Morgan fingerprint density at radius 1 is 0.570 bits per heavy atom. The summed E-state index contributed by atoms with van der Waals surface area (Å²) in [5.74, 6) is -12.0. The van der Waals surface area contributed by atoms with E-state index in [2.05, 4.69) is 10.6 Å². The van der Waals surface area contributed by atoms with Crippen molar-refractivity contribution in [3.05, 3.63) is 12.2 Å². The predicted molar refractivity (Wildman–Crippen MR) is 333 cm³/mol. The van der Waals surface area contributed by atoms with Crippen LogP contribution in [0.15, 0.2) is 12.2 Å². The van der Waals surface area contributed by atoms with Gasteiger partial charge in [0.15, 0.2) is 28.9 Å². The minimum Gasteiger partial charge on any atom is -0.396 e. The van der Waals surface area contributed by atoms with E-state index in [0.29, 0.717) is 19.3 Å². The molecule has 0 aromatic rings. The Kier molecular flexibility index (Phi) is 35.1. The molecule has 0 unspecified atom stereocenters. The lowest BCUT2D eigenvalue weighted by molar-refractivity contribution is -0.148. The summed E-state index contributed by atoms with van der Waals surface area (Å²) in [6.07, 6.45) is 1.13. The number of aliphatic hydroxyl groups is 2. The molecule has 0 spiro atoms. The normalized spacial score (nSPS) is 27.1. The van der Waals surface area contributed by atoms with Crippen LogP contribution in [0.4, 0.5) is 0 Å². The van der Waals surface area contributed by atoms with Gasteiger partial charge in [-0.3, -0.25) is 52.7 Å². The molecule has 0 bridgehead atoms. The van der Waals surface area contributed by atoms with Gasteiger partial charge in [-0.05, 0) is 101 Å². The number of nitrogens with zero attached hydrogens (tertiary/aromatic N) is 4. The summed E-state index contributed by atoms with van der Waals surface area (Å²) < 4.78 is 6.09. The van der Waals surface area contributed by atoms with Gasteiger partial charge in [0, 0.05) is 97.7 Å². The van der Waals surface area contributed by atoms with Gasteiger partial charge in [0.05, 0.1) is 42.3 Å². The third kappa shape index (κ3) is 24.4. The monoisotopic (exact) mass is 1210 g/mol. The summed E-state index contributed by atoms with van der Waals surface area (Å²) in [7, 11) is 5.87. The van der Waals surface area contributed by atoms with Gasteiger partial charge >= 0.3 is 0 Å². The third-order valence-electron chi connectivity index (χ3n) is 17.0. The van der Waals surface area contributed by atoms with Crippen LogP contribution in [0.1, 0.15) is 194 Å². The zero-order valence-electron chi connectivity index (χ0n) is 56.2. The molecule has 1 fully saturated rings. The molecular weight excluding hydrogens is 1100 g/mol. The van der Waals surface area contributed by atoms with Crippen LogP contribution in [0.25, 0.3) is 0 Å². The van der Waals surface area contributed by atoms with E-state index in [9.17, 15) is 63.0 Å². The van der Waals surface area contributed by atoms with Crippen molar-refractivity contribution in [2.75, 3.05) is 41.4 Å². The van der Waals surface area contributed by atoms with Gasteiger partial charge in [0.1, 0.15) is 12.1 Å². The van der Waals surface area contributed by atoms with Crippen LogP contribution in [0.2, 0.25) is 0 Å². The number of hydrogen-bond donors (Lipinski definition) is 4. The summed E-state index contributed by atoms with van der Waals surface area (Å²) in [6.45, 7) is 28.4. The number of likely N-dealkylation sites (N-methyl/N-ethyl adjacent to an activating group) is 4. The third-order valence-corrected chi connectivity index (χ3v) is 17.0. The number of ketones is 5. The van der Waals surface area contributed by atoms with Crippen molar-refractivity contribution in [2.45, 2.75) is 243 Å². The molecule has 1 aliphatic heterocycles. The summed E-state index contributed by atoms with van der Waals surface area (Å²) in [5, 5.41) is 26.9. The second kappa shape index (κ2) is 38.3. The Labute approximate surface area is 515 Å². The summed E-state index contributed by atoms with van der Waals surface area (Å²) >= 11 is 0. The molecule has 86 heavy (non-hydrogen) atoms. The number of rotatable bonds is 19. The number of ether oxygens (including phenoxy) is 1. The van der Waals surface area contributed by atoms with E-state index in [1.54, 1.807) is 61.5 Å². The lowest BCUT2D eigenvalue weighted by Crippen LogP contribution is -2.53. The first-order valence-corrected chi connectivity index (χ1v) is 31.8. The van der Waals surface area contributed by atoms with Gasteiger partial charge in [-0.25, -0.2) is 0 Å². The highest BCUT2D eigenvalue weighted by Gasteiger charge is 2.43. The largest absolute Gasteiger partial charge is 0.396 e. The average Bonchev–Trinajstić information content (AvgIpc) is 1.52. The maximum Gasteiger partial charge on any atom is 0.245 e. The highest BCUT2D eigenvalue weighted by atomic mass is 16.5. The molecule has 0 aromatic heterocycles. The molecule has 1 heterocycles. The van der Waals surface area contributed by atoms with E-state index in [1.165, 1.54) is 54.7 Å². The number of carbonyl (C=O) groups is 11. The Morgan fingerprint density at radius 3 is 1.59 bits per heavy atom. The molecule has 0 radical (unpaired) electrons. The zero-order valence-corrected chi connectivity index (χ0v) is 56.2. The van der Waals surface area contributed by atoms with E-state index >= 15 is 0 Å². The highest BCUT2D eigenvalue weighted by Crippen LogP contribution is 2.30. The second-order valence-corrected chi connectivity index (χ2v) is 26.6. The topological polar surface area (TPSA) is 274 Å². The molecule has 4 N–H and O–H groups in total. The molecule has 6 amide bonds. The fraction of sp³-hybridized carbons (Fsp3) is 0.803. The van der Waals surface area contributed by atoms with Crippen molar-refractivity contribution < 1.29 is 67.7 Å². The van der Waals surface area contributed by atoms with Crippen LogP contribution in [0.5, 0.6) is 0 Å². The Bertz CT molecular complexity index is 2280. The quantitative estimate of drug-likeness (QED) is 0.0751. The number of aliphatic hydroxyl groups excluding tert-OH is 2. The maximum atomic E-state index is 14.9. The Balaban J connectivity index is 4.22. The molecule has 1 rings (SSSR count). The van der Waals surface area contributed by atoms with Crippen molar-refractivity contribution in [3.8, 4) is 0 Å². The van der Waals surface area contributed by atoms with Crippen LogP contribution in [0.3, 0.4) is 0 Å². The van der Waals surface area contributed by atoms with Crippen LogP contribution >= 0.6 is 0 Å². The van der Waals surface area contributed by atoms with Crippen molar-refractivity contribution in [1.29, 1.82) is 0 Å². The lowest BCUT2D eigenvalue weighted by Gasteiger charge is -2.36. The van der Waals surface area contributed by atoms with E-state index in [0.717, 1.165) is 0 Å². The van der Waals surface area contributed by atoms with Crippen LogP contribution in [-0.4, -0.2) is 184 Å². The van der Waals surface area contributed by atoms with Gasteiger partial charge in [-0.2, -0.15) is 0 Å². The summed E-state index contributed by atoms with van der Waals surface area (Å²) in [6, 6.07) is -6.69. The summed E-state index contributed by atoms with van der Waals surface area (Å²) in [4.78, 5) is 165. The molecule has 1 saturated heterocycles. The standard InChI is InChI=1S/C66H114N6O14/c1-21-23-26-43(13)61(80)49-37-56(77)59(42(11)12)72(20)65(84)47(31-38(3)4)35-55(76)52(33-40(7)8)69(17)64(83)45(15)67-62(81)44(14)34-54(75)51(32-39(5)6)70(18)66(85)48(41(9)10)36-57(78)60(46(16)86-30-25-24-29-73)71(19)58(79)28-27-53(74)50(22-2)68-63(49)82/h21,23,38-52,59-61,73,80H,22,24-37H2,1-20H3,(H,67,81)(H,68,82)/b23-21+/t43-,44-,45-,46-,47-,48+,49+,50+,51+,52+,59+,60+,61-/m1/s1. The smallest absolute Gasteiger partial charge is 0.245 e. The van der Waals surface area contributed by atoms with E-state index in [-0.39, 0.29) is 88.8 Å². The Hall–Kier alpha value is -5.21. The fourth-order valence-corrected chi connectivity index (χ4v) is 11.7. The van der Waals surface area contributed by atoms with Gasteiger partial charge in [-0.1, -0.05) is 102 Å². The average molecular weight is 1220 g/mol. The SMILES string of the molecule is C/C=C/C[C@@H](C)[C@@H](O)[C@@H]1CC(=O)[C@H](C(C)C)N(C)C(=O)[C@H](CC(C)C)CC(=O)[C@H](CC(C)C)N(C)C(=O)[C@@H](C)NC(=O)[C@H](C)CC(=O)[C@H](CC(C)C)N(C)C(=O)[C@H](C(C)C)CC(=O)[C@H]([C@@H](C)OCCCCO)N(C)C(=O)CCC(=O)[C@H](CC)NC1=O. The van der Waals surface area contributed by atoms with Crippen LogP contribution < -0.4 is 10.6 Å². The van der Waals surface area contributed by atoms with Gasteiger partial charge in [-0.15, -0.1) is 0 Å². The molecule has 0 aliphatic carbocycles. The summed E-state index contributed by atoms with van der Waals surface area (Å²) in [5.41, 5.74) is 0. The number of hydrogen-bond acceptors (Lipinski definition) is 14. The minimum absolute atomic E-state index is 0.0822. The number of unbranched alkanes of at least 4 members (excludes halogenated alkanes) is 1. The van der Waals surface area contributed by atoms with Crippen LogP contribution in [0, 0.1) is 59.2 Å². The van der Waals surface area contributed by atoms with E-state index in [1.807, 2.05) is 54.5 Å². The molecular formula is C66H114N6O14. The second-order valence-electron chi connectivity index (χ2n) is 26.6. The molecule has 20 heteroatoms. The first-order valence-electron chi connectivity index (χ1n) is 31.8. The number of nitrogens with one attached hydrogen (secondary N) is 2. The first-order chi connectivity index (χ1) is 40.0. The number of amides is 6. The maximum absolute atomic E-state index is 14.9. The Morgan fingerprint density at radius 2 is 1.09 bits per heavy atom. The molecule has 0 aromatic carbocycles. The number of allylic oxidation sites excluding steroid dienone is 2. The molecule has 1 aliphatic rings. The van der Waals surface area contributed by atoms with E-state index < -0.39 is 161 Å². The number of Topliss-reactive ketones (excluding diaryl/α,β-unsaturated/α-hetero) is 5.